The number of benzene rings is 2. The van der Waals surface area contributed by atoms with E-state index in [0.717, 1.165) is 40.9 Å². The first-order valence-corrected chi connectivity index (χ1v) is 11.3. The zero-order valence-electron chi connectivity index (χ0n) is 19.3. The second kappa shape index (κ2) is 10.0. The number of likely N-dealkylation sites (N-methyl/N-ethyl adjacent to an activating group) is 1. The van der Waals surface area contributed by atoms with Crippen molar-refractivity contribution in [3.8, 4) is 5.75 Å². The highest BCUT2D eigenvalue weighted by Gasteiger charge is 2.28. The monoisotopic (exact) mass is 447 g/mol. The number of carbonyl (C=O) groups is 2. The topological polar surface area (TPSA) is 80.8 Å². The quantitative estimate of drug-likeness (QED) is 0.547. The van der Waals surface area contributed by atoms with Crippen LogP contribution in [0.15, 0.2) is 48.5 Å². The number of nitrogens with zero attached hydrogens (tertiary/aromatic N) is 2. The second-order valence-corrected chi connectivity index (χ2v) is 8.17. The molecule has 0 fully saturated rings. The zero-order valence-corrected chi connectivity index (χ0v) is 19.3. The maximum absolute atomic E-state index is 13.4. The van der Waals surface area contributed by atoms with Gasteiger partial charge in [0, 0.05) is 41.8 Å². The first-order valence-electron chi connectivity index (χ1n) is 11.3. The number of para-hydroxylation sites is 1. The number of rotatable bonds is 7. The smallest absolute Gasteiger partial charge is 0.340 e. The molecule has 1 aliphatic rings. The lowest BCUT2D eigenvalue weighted by Crippen LogP contribution is -2.34. The molecule has 7 nitrogen and oxygen atoms in total. The highest BCUT2D eigenvalue weighted by atomic mass is 16.5. The minimum atomic E-state index is -0.909. The number of amides is 1. The van der Waals surface area contributed by atoms with Crippen LogP contribution >= 0.6 is 0 Å². The van der Waals surface area contributed by atoms with Crippen LogP contribution in [0.5, 0.6) is 5.75 Å². The Hall–Kier alpha value is -3.45. The number of anilines is 1. The molecular formula is C26H29N3O4. The largest absolute Gasteiger partial charge is 0.494 e. The van der Waals surface area contributed by atoms with Gasteiger partial charge in [-0.25, -0.2) is 4.79 Å². The Kier molecular flexibility index (Phi) is 6.89. The van der Waals surface area contributed by atoms with Gasteiger partial charge in [-0.3, -0.25) is 9.78 Å². The van der Waals surface area contributed by atoms with Crippen molar-refractivity contribution in [3.05, 3.63) is 65.4 Å². The van der Waals surface area contributed by atoms with E-state index in [4.69, 9.17) is 14.5 Å². The second-order valence-electron chi connectivity index (χ2n) is 8.17. The third kappa shape index (κ3) is 4.98. The summed E-state index contributed by atoms with van der Waals surface area (Å²) in [5.74, 6) is -0.124. The molecule has 0 saturated carbocycles. The Morgan fingerprint density at radius 3 is 2.61 bits per heavy atom. The van der Waals surface area contributed by atoms with E-state index < -0.39 is 12.1 Å². The standard InChI is InChI=1S/C26H29N3O4/c1-4-23(25(30)27-17-10-12-18(13-11-17)32-5-2)33-26(31)24-19-8-6-7-9-21(19)28-22-14-15-29(3)16-20(22)24/h6-13,23H,4-5,14-16H2,1-3H3,(H,27,30). The number of aromatic nitrogens is 1. The molecule has 33 heavy (non-hydrogen) atoms. The number of pyridine rings is 1. The van der Waals surface area contributed by atoms with Gasteiger partial charge in [0.1, 0.15) is 5.75 Å². The van der Waals surface area contributed by atoms with Gasteiger partial charge in [-0.2, -0.15) is 0 Å². The summed E-state index contributed by atoms with van der Waals surface area (Å²) in [6.45, 7) is 5.81. The molecule has 1 unspecified atom stereocenters. The number of ether oxygens (including phenoxy) is 2. The molecule has 2 aromatic carbocycles. The molecule has 3 aromatic rings. The van der Waals surface area contributed by atoms with Gasteiger partial charge < -0.3 is 19.7 Å². The highest BCUT2D eigenvalue weighted by Crippen LogP contribution is 2.29. The van der Waals surface area contributed by atoms with Crippen molar-refractivity contribution in [2.24, 2.45) is 0 Å². The van der Waals surface area contributed by atoms with Crippen LogP contribution in [0.25, 0.3) is 10.9 Å². The van der Waals surface area contributed by atoms with E-state index in [1.807, 2.05) is 45.2 Å². The summed E-state index contributed by atoms with van der Waals surface area (Å²) >= 11 is 0. The summed E-state index contributed by atoms with van der Waals surface area (Å²) in [6.07, 6.45) is 0.222. The Morgan fingerprint density at radius 1 is 1.12 bits per heavy atom. The summed E-state index contributed by atoms with van der Waals surface area (Å²) in [6, 6.07) is 14.7. The van der Waals surface area contributed by atoms with E-state index in [0.29, 0.717) is 30.8 Å². The Bertz CT molecular complexity index is 1160. The lowest BCUT2D eigenvalue weighted by atomic mass is 9.96. The summed E-state index contributed by atoms with van der Waals surface area (Å²) in [5.41, 5.74) is 3.69. The molecule has 0 radical (unpaired) electrons. The van der Waals surface area contributed by atoms with Crippen molar-refractivity contribution in [1.82, 2.24) is 9.88 Å². The highest BCUT2D eigenvalue weighted by molar-refractivity contribution is 6.06. The molecule has 0 spiro atoms. The third-order valence-corrected chi connectivity index (χ3v) is 5.79. The number of fused-ring (bicyclic) bond motifs is 2. The van der Waals surface area contributed by atoms with Crippen molar-refractivity contribution < 1.29 is 19.1 Å². The van der Waals surface area contributed by atoms with Crippen LogP contribution in [0.2, 0.25) is 0 Å². The van der Waals surface area contributed by atoms with Gasteiger partial charge in [-0.05, 0) is 50.7 Å². The van der Waals surface area contributed by atoms with E-state index in [2.05, 4.69) is 10.2 Å². The van der Waals surface area contributed by atoms with Gasteiger partial charge in [-0.15, -0.1) is 0 Å². The number of esters is 1. The van der Waals surface area contributed by atoms with E-state index in [1.165, 1.54) is 0 Å². The number of carbonyl (C=O) groups excluding carboxylic acids is 2. The zero-order chi connectivity index (χ0) is 23.4. The molecule has 0 saturated heterocycles. The van der Waals surface area contributed by atoms with Crippen LogP contribution in [0.1, 0.15) is 41.9 Å². The maximum Gasteiger partial charge on any atom is 0.340 e. The SMILES string of the molecule is CCOc1ccc(NC(=O)C(CC)OC(=O)c2c3c(nc4ccccc24)CCN(C)C3)cc1. The van der Waals surface area contributed by atoms with Crippen LogP contribution in [0, 0.1) is 0 Å². The summed E-state index contributed by atoms with van der Waals surface area (Å²) in [5, 5.41) is 3.58. The minimum Gasteiger partial charge on any atom is -0.494 e. The normalized spacial score (nSPS) is 14.4. The van der Waals surface area contributed by atoms with E-state index in [1.54, 1.807) is 24.3 Å². The van der Waals surface area contributed by atoms with E-state index >= 15 is 0 Å². The van der Waals surface area contributed by atoms with Crippen LogP contribution in [-0.2, 0) is 22.5 Å². The maximum atomic E-state index is 13.4. The van der Waals surface area contributed by atoms with E-state index in [-0.39, 0.29) is 5.91 Å². The lowest BCUT2D eigenvalue weighted by Gasteiger charge is -2.27. The van der Waals surface area contributed by atoms with Gasteiger partial charge in [0.25, 0.3) is 5.91 Å². The number of hydrogen-bond acceptors (Lipinski definition) is 6. The number of hydrogen-bond donors (Lipinski definition) is 1. The van der Waals surface area contributed by atoms with Gasteiger partial charge >= 0.3 is 5.97 Å². The molecule has 0 aliphatic carbocycles. The van der Waals surface area contributed by atoms with Crippen molar-refractivity contribution >= 4 is 28.5 Å². The first kappa shape index (κ1) is 22.7. The third-order valence-electron chi connectivity index (χ3n) is 5.79. The van der Waals surface area contributed by atoms with Gasteiger partial charge in [0.15, 0.2) is 6.10 Å². The Labute approximate surface area is 193 Å². The molecule has 7 heteroatoms. The molecule has 1 amide bonds. The lowest BCUT2D eigenvalue weighted by molar-refractivity contribution is -0.124. The minimum absolute atomic E-state index is 0.361. The molecule has 172 valence electrons. The van der Waals surface area contributed by atoms with E-state index in [9.17, 15) is 9.59 Å². The van der Waals surface area contributed by atoms with Crippen molar-refractivity contribution in [2.75, 3.05) is 25.5 Å². The molecule has 1 atom stereocenters. The van der Waals surface area contributed by atoms with Crippen LogP contribution in [0.4, 0.5) is 5.69 Å². The summed E-state index contributed by atoms with van der Waals surface area (Å²) < 4.78 is 11.2. The fraction of sp³-hybridized carbons (Fsp3) is 0.346. The van der Waals surface area contributed by atoms with Crippen LogP contribution in [-0.4, -0.2) is 48.1 Å². The molecule has 0 bridgehead atoms. The Balaban J connectivity index is 1.57. The average molecular weight is 448 g/mol. The average Bonchev–Trinajstić information content (AvgIpc) is 2.82. The predicted molar refractivity (Wildman–Crippen MR) is 128 cm³/mol. The van der Waals surface area contributed by atoms with Crippen molar-refractivity contribution in [2.45, 2.75) is 39.3 Å². The molecule has 4 rings (SSSR count). The molecule has 1 aromatic heterocycles. The summed E-state index contributed by atoms with van der Waals surface area (Å²) in [4.78, 5) is 33.2. The number of nitrogens with one attached hydrogen (secondary N) is 1. The molecular weight excluding hydrogens is 418 g/mol. The fourth-order valence-electron chi connectivity index (χ4n) is 4.09. The molecule has 1 N–H and O–H groups in total. The van der Waals surface area contributed by atoms with Gasteiger partial charge in [-0.1, -0.05) is 25.1 Å². The van der Waals surface area contributed by atoms with Crippen molar-refractivity contribution in [1.29, 1.82) is 0 Å². The van der Waals surface area contributed by atoms with Crippen LogP contribution < -0.4 is 10.1 Å². The molecule has 1 aliphatic heterocycles. The van der Waals surface area contributed by atoms with Crippen LogP contribution in [0.3, 0.4) is 0 Å². The molecule has 2 heterocycles. The predicted octanol–water partition coefficient (Wildman–Crippen LogP) is 4.20. The Morgan fingerprint density at radius 2 is 1.88 bits per heavy atom. The summed E-state index contributed by atoms with van der Waals surface area (Å²) in [7, 11) is 2.02. The van der Waals surface area contributed by atoms with Crippen molar-refractivity contribution in [3.63, 3.8) is 0 Å². The first-order chi connectivity index (χ1) is 16.0. The van der Waals surface area contributed by atoms with Gasteiger partial charge in [0.2, 0.25) is 0 Å². The van der Waals surface area contributed by atoms with Gasteiger partial charge in [0.05, 0.1) is 17.7 Å². The fourth-order valence-corrected chi connectivity index (χ4v) is 4.09.